The van der Waals surface area contributed by atoms with Crippen molar-refractivity contribution in [1.82, 2.24) is 0 Å². The van der Waals surface area contributed by atoms with Crippen molar-refractivity contribution in [2.75, 3.05) is 26.2 Å². The zero-order valence-corrected chi connectivity index (χ0v) is 28.1. The lowest BCUT2D eigenvalue weighted by molar-refractivity contribution is -0.289. The molecule has 48 heavy (non-hydrogen) atoms. The molecule has 0 N–H and O–H groups in total. The zero-order chi connectivity index (χ0) is 34.4. The van der Waals surface area contributed by atoms with Gasteiger partial charge in [-0.1, -0.05) is 109 Å². The number of rotatable bonds is 13. The average Bonchev–Trinajstić information content (AvgIpc) is 3.08. The predicted molar refractivity (Wildman–Crippen MR) is 176 cm³/mol. The van der Waals surface area contributed by atoms with E-state index >= 15 is 0 Å². The molecule has 11 nitrogen and oxygen atoms in total. The van der Waals surface area contributed by atoms with Crippen molar-refractivity contribution < 1.29 is 48.9 Å². The van der Waals surface area contributed by atoms with E-state index < -0.39 is 62.5 Å². The summed E-state index contributed by atoms with van der Waals surface area (Å²) in [5.74, 6) is -0.850. The maximum Gasteiger partial charge on any atom is 0.338 e. The minimum atomic E-state index is -4.29. The fraction of sp³-hybridized carbons (Fsp3) is 0.286. The normalized spacial score (nSPS) is 21.8. The Morgan fingerprint density at radius 3 is 1.48 bits per heavy atom. The van der Waals surface area contributed by atoms with Gasteiger partial charge in [-0.15, -0.1) is 0 Å². The fourth-order valence-electron chi connectivity index (χ4n) is 5.70. The van der Waals surface area contributed by atoms with E-state index in [-0.39, 0.29) is 12.2 Å². The summed E-state index contributed by atoms with van der Waals surface area (Å²) in [6.07, 6.45) is -6.13. The molecule has 1 aliphatic rings. The van der Waals surface area contributed by atoms with E-state index in [2.05, 4.69) is 0 Å². The Bertz CT molecular complexity index is 1760. The molecule has 5 atom stereocenters. The van der Waals surface area contributed by atoms with Crippen molar-refractivity contribution >= 4 is 26.2 Å². The van der Waals surface area contributed by atoms with Gasteiger partial charge in [0.25, 0.3) is 20.2 Å². The van der Waals surface area contributed by atoms with Crippen molar-refractivity contribution in [3.63, 3.8) is 0 Å². The molecule has 1 saturated heterocycles. The maximum atomic E-state index is 13.2. The highest BCUT2D eigenvalue weighted by atomic mass is 32.2. The van der Waals surface area contributed by atoms with Crippen LogP contribution in [0.15, 0.2) is 121 Å². The molecule has 0 aliphatic carbocycles. The molecule has 0 saturated carbocycles. The molecule has 1 fully saturated rings. The summed E-state index contributed by atoms with van der Waals surface area (Å²) in [5, 5.41) is 0. The predicted octanol–water partition coefficient (Wildman–Crippen LogP) is 4.28. The lowest BCUT2D eigenvalue weighted by atomic mass is 9.80. The second-order valence-electron chi connectivity index (χ2n) is 11.1. The topological polar surface area (TPSA) is 141 Å². The van der Waals surface area contributed by atoms with Crippen LogP contribution in [0.1, 0.15) is 27.0 Å². The molecule has 1 aliphatic heterocycles. The highest BCUT2D eigenvalue weighted by Gasteiger charge is 2.53. The first-order valence-corrected chi connectivity index (χ1v) is 18.6. The first-order chi connectivity index (χ1) is 22.9. The molecule has 5 rings (SSSR count). The first kappa shape index (κ1) is 35.4. The molecule has 4 aromatic rings. The Morgan fingerprint density at radius 1 is 0.646 bits per heavy atom. The Morgan fingerprint density at radius 2 is 1.06 bits per heavy atom. The summed E-state index contributed by atoms with van der Waals surface area (Å²) in [5.41, 5.74) is 1.15. The molecule has 1 heterocycles. The van der Waals surface area contributed by atoms with Gasteiger partial charge in [0, 0.05) is 7.11 Å². The van der Waals surface area contributed by atoms with Crippen LogP contribution in [0.4, 0.5) is 0 Å². The van der Waals surface area contributed by atoms with Crippen molar-refractivity contribution in [3.05, 3.63) is 144 Å². The quantitative estimate of drug-likeness (QED) is 0.112. The third kappa shape index (κ3) is 8.36. The lowest BCUT2D eigenvalue weighted by Crippen LogP contribution is -2.63. The zero-order valence-electron chi connectivity index (χ0n) is 26.4. The highest BCUT2D eigenvalue weighted by Crippen LogP contribution is 2.41. The molecule has 4 aromatic carbocycles. The number of methoxy groups -OCH3 is 1. The largest absolute Gasteiger partial charge is 0.450 e. The number of hydrogen-bond acceptors (Lipinski definition) is 11. The molecule has 0 bridgehead atoms. The smallest absolute Gasteiger partial charge is 0.338 e. The van der Waals surface area contributed by atoms with Gasteiger partial charge in [0.15, 0.2) is 12.4 Å². The van der Waals surface area contributed by atoms with E-state index in [4.69, 9.17) is 27.3 Å². The summed E-state index contributed by atoms with van der Waals surface area (Å²) in [6, 6.07) is 36.2. The molecule has 254 valence electrons. The van der Waals surface area contributed by atoms with Gasteiger partial charge in [0.05, 0.1) is 24.7 Å². The van der Waals surface area contributed by atoms with E-state index in [0.29, 0.717) is 0 Å². The molecular weight excluding hydrogens is 661 g/mol. The highest BCUT2D eigenvalue weighted by molar-refractivity contribution is 7.86. The van der Waals surface area contributed by atoms with Crippen LogP contribution in [0.25, 0.3) is 0 Å². The summed E-state index contributed by atoms with van der Waals surface area (Å²) in [7, 11) is -7.30. The van der Waals surface area contributed by atoms with Gasteiger partial charge < -0.3 is 18.9 Å². The summed E-state index contributed by atoms with van der Waals surface area (Å²) in [4.78, 5) is 13.2. The van der Waals surface area contributed by atoms with Crippen LogP contribution in [0.5, 0.6) is 0 Å². The second kappa shape index (κ2) is 15.1. The van der Waals surface area contributed by atoms with E-state index in [1.165, 1.54) is 19.2 Å². The van der Waals surface area contributed by atoms with Crippen LogP contribution in [-0.2, 0) is 53.2 Å². The van der Waals surface area contributed by atoms with Gasteiger partial charge in [-0.25, -0.2) is 4.79 Å². The van der Waals surface area contributed by atoms with Crippen molar-refractivity contribution in [1.29, 1.82) is 0 Å². The van der Waals surface area contributed by atoms with Crippen molar-refractivity contribution in [2.45, 2.75) is 36.3 Å². The number of benzene rings is 4. The van der Waals surface area contributed by atoms with Gasteiger partial charge in [-0.2, -0.15) is 16.8 Å². The Labute approximate surface area is 280 Å². The molecule has 0 unspecified atom stereocenters. The van der Waals surface area contributed by atoms with E-state index in [9.17, 15) is 21.6 Å². The van der Waals surface area contributed by atoms with E-state index in [1.54, 1.807) is 18.2 Å². The summed E-state index contributed by atoms with van der Waals surface area (Å²) in [6.45, 7) is -0.359. The van der Waals surface area contributed by atoms with Gasteiger partial charge in [-0.3, -0.25) is 8.37 Å². The Kier molecular flexibility index (Phi) is 11.1. The number of carbonyl (C=O) groups is 1. The summed E-state index contributed by atoms with van der Waals surface area (Å²) < 4.78 is 85.7. The monoisotopic (exact) mass is 696 g/mol. The van der Waals surface area contributed by atoms with E-state index in [0.717, 1.165) is 29.2 Å². The lowest BCUT2D eigenvalue weighted by Gasteiger charge is -2.45. The van der Waals surface area contributed by atoms with Crippen LogP contribution in [0, 0.1) is 0 Å². The standard InChI is InChI=1S/C35H36O11S2/c1-41-34-32(44-33(36)25-16-8-4-9-17-25)31(46-48(3,39)40)30(45-47(2,37)38)29(43-34)24-42-35(26-18-10-5-11-19-26,27-20-12-6-13-21-27)28-22-14-7-15-23-28/h4-23,29-32,34H,24H2,1-3H3/t29-,30-,31+,32-,34+/m1/s1. The van der Waals surface area contributed by atoms with Gasteiger partial charge in [0.1, 0.15) is 23.9 Å². The Hall–Kier alpha value is -3.95. The number of carbonyl (C=O) groups excluding carboxylic acids is 1. The number of ether oxygens (including phenoxy) is 4. The Balaban J connectivity index is 1.60. The fourth-order valence-corrected chi connectivity index (χ4v) is 6.96. The molecule has 0 spiro atoms. The maximum absolute atomic E-state index is 13.2. The molecule has 0 radical (unpaired) electrons. The van der Waals surface area contributed by atoms with E-state index in [1.807, 2.05) is 91.0 Å². The van der Waals surface area contributed by atoms with Crippen LogP contribution >= 0.6 is 0 Å². The first-order valence-electron chi connectivity index (χ1n) is 14.9. The SMILES string of the molecule is CO[C@H]1O[C@H](COC(c2ccccc2)(c2ccccc2)c2ccccc2)[C@@H](OS(C)(=O)=O)[C@H](OS(C)(=O)=O)[C@H]1OC(=O)c1ccccc1. The third-order valence-electron chi connectivity index (χ3n) is 7.65. The average molecular weight is 697 g/mol. The molecule has 0 aromatic heterocycles. The van der Waals surface area contributed by atoms with Crippen molar-refractivity contribution in [3.8, 4) is 0 Å². The van der Waals surface area contributed by atoms with Crippen molar-refractivity contribution in [2.24, 2.45) is 0 Å². The van der Waals surface area contributed by atoms with Gasteiger partial charge in [-0.05, 0) is 28.8 Å². The summed E-state index contributed by atoms with van der Waals surface area (Å²) >= 11 is 0. The molecule has 0 amide bonds. The van der Waals surface area contributed by atoms with Gasteiger partial charge >= 0.3 is 5.97 Å². The number of hydrogen-bond donors (Lipinski definition) is 0. The van der Waals surface area contributed by atoms with Gasteiger partial charge in [0.2, 0.25) is 0 Å². The minimum Gasteiger partial charge on any atom is -0.450 e. The molecule has 13 heteroatoms. The van der Waals surface area contributed by atoms with Crippen LogP contribution in [0.2, 0.25) is 0 Å². The molecular formula is C35H36O11S2. The van der Waals surface area contributed by atoms with Crippen LogP contribution in [0.3, 0.4) is 0 Å². The van der Waals surface area contributed by atoms with Crippen LogP contribution < -0.4 is 0 Å². The second-order valence-corrected chi connectivity index (χ2v) is 14.3. The van der Waals surface area contributed by atoms with Crippen LogP contribution in [-0.4, -0.2) is 79.7 Å². The number of esters is 1. The minimum absolute atomic E-state index is 0.148. The third-order valence-corrected chi connectivity index (χ3v) is 8.80.